The number of aromatic nitrogens is 1. The standard InChI is InChI=1S/C25H28N4O/c1-18-17-23(22-9-5-6-10-24(22)26-18)25(30)28-27-19(2)20-11-13-21(14-12-20)29-15-7-3-4-8-16-29/h5-6,9-14,17H,3-4,7-8,15-16H2,1-2H3,(H,28,30)/b27-19+. The summed E-state index contributed by atoms with van der Waals surface area (Å²) in [7, 11) is 0. The van der Waals surface area contributed by atoms with E-state index < -0.39 is 0 Å². The normalized spacial score (nSPS) is 15.1. The van der Waals surface area contributed by atoms with E-state index in [1.54, 1.807) is 6.07 Å². The summed E-state index contributed by atoms with van der Waals surface area (Å²) in [6.45, 7) is 6.06. The minimum Gasteiger partial charge on any atom is -0.372 e. The highest BCUT2D eigenvalue weighted by molar-refractivity contribution is 6.07. The van der Waals surface area contributed by atoms with Crippen molar-refractivity contribution >= 4 is 28.2 Å². The molecule has 30 heavy (non-hydrogen) atoms. The number of nitrogens with one attached hydrogen (secondary N) is 1. The molecule has 4 rings (SSSR count). The highest BCUT2D eigenvalue weighted by atomic mass is 16.2. The molecule has 0 unspecified atom stereocenters. The summed E-state index contributed by atoms with van der Waals surface area (Å²) < 4.78 is 0. The molecular formula is C25H28N4O. The van der Waals surface area contributed by atoms with Crippen molar-refractivity contribution in [3.63, 3.8) is 0 Å². The van der Waals surface area contributed by atoms with Crippen molar-refractivity contribution in [2.45, 2.75) is 39.5 Å². The number of rotatable bonds is 4. The van der Waals surface area contributed by atoms with E-state index >= 15 is 0 Å². The number of para-hydroxylation sites is 1. The summed E-state index contributed by atoms with van der Waals surface area (Å²) in [4.78, 5) is 19.7. The van der Waals surface area contributed by atoms with E-state index in [0.717, 1.165) is 41.0 Å². The first kappa shape index (κ1) is 20.1. The Labute approximate surface area is 177 Å². The highest BCUT2D eigenvalue weighted by Crippen LogP contribution is 2.21. The van der Waals surface area contributed by atoms with Crippen molar-refractivity contribution in [2.75, 3.05) is 18.0 Å². The van der Waals surface area contributed by atoms with E-state index in [9.17, 15) is 4.79 Å². The van der Waals surface area contributed by atoms with Crippen LogP contribution < -0.4 is 10.3 Å². The number of anilines is 1. The largest absolute Gasteiger partial charge is 0.372 e. The fourth-order valence-corrected chi connectivity index (χ4v) is 4.00. The van der Waals surface area contributed by atoms with Gasteiger partial charge in [0.2, 0.25) is 0 Å². The van der Waals surface area contributed by atoms with Gasteiger partial charge in [-0.15, -0.1) is 0 Å². The number of fused-ring (bicyclic) bond motifs is 1. The van der Waals surface area contributed by atoms with Crippen molar-refractivity contribution in [3.8, 4) is 0 Å². The fourth-order valence-electron chi connectivity index (χ4n) is 4.00. The monoisotopic (exact) mass is 400 g/mol. The van der Waals surface area contributed by atoms with Crippen LogP contribution in [0, 0.1) is 6.92 Å². The number of carbonyl (C=O) groups is 1. The molecule has 1 aromatic heterocycles. The Hall–Kier alpha value is -3.21. The SMILES string of the molecule is C/C(=N\NC(=O)c1cc(C)nc2ccccc12)c1ccc(N2CCCCCC2)cc1. The molecule has 1 fully saturated rings. The van der Waals surface area contributed by atoms with E-state index in [2.05, 4.69) is 44.7 Å². The molecule has 0 saturated carbocycles. The first-order chi connectivity index (χ1) is 14.6. The fraction of sp³-hybridized carbons (Fsp3) is 0.320. The quantitative estimate of drug-likeness (QED) is 0.491. The van der Waals surface area contributed by atoms with Gasteiger partial charge in [0.15, 0.2) is 0 Å². The summed E-state index contributed by atoms with van der Waals surface area (Å²) in [6.07, 6.45) is 5.17. The predicted octanol–water partition coefficient (Wildman–Crippen LogP) is 5.08. The molecule has 154 valence electrons. The number of hydrazone groups is 1. The zero-order valence-electron chi connectivity index (χ0n) is 17.7. The number of amides is 1. The third kappa shape index (κ3) is 4.51. The van der Waals surface area contributed by atoms with Gasteiger partial charge < -0.3 is 4.90 Å². The predicted molar refractivity (Wildman–Crippen MR) is 123 cm³/mol. The van der Waals surface area contributed by atoms with Gasteiger partial charge in [-0.25, -0.2) is 5.43 Å². The van der Waals surface area contributed by atoms with Crippen LogP contribution in [0.5, 0.6) is 0 Å². The molecule has 0 radical (unpaired) electrons. The van der Waals surface area contributed by atoms with E-state index in [1.807, 2.05) is 38.1 Å². The molecule has 5 nitrogen and oxygen atoms in total. The maximum Gasteiger partial charge on any atom is 0.272 e. The summed E-state index contributed by atoms with van der Waals surface area (Å²) in [6, 6.07) is 17.9. The minimum atomic E-state index is -0.225. The van der Waals surface area contributed by atoms with Gasteiger partial charge in [0.25, 0.3) is 5.91 Å². The van der Waals surface area contributed by atoms with E-state index in [0.29, 0.717) is 5.56 Å². The summed E-state index contributed by atoms with van der Waals surface area (Å²) >= 11 is 0. The molecule has 1 saturated heterocycles. The van der Waals surface area contributed by atoms with Gasteiger partial charge in [0.05, 0.1) is 16.8 Å². The molecular weight excluding hydrogens is 372 g/mol. The van der Waals surface area contributed by atoms with Gasteiger partial charge in [-0.2, -0.15) is 5.10 Å². The zero-order chi connectivity index (χ0) is 20.9. The average Bonchev–Trinajstić information content (AvgIpc) is 3.06. The van der Waals surface area contributed by atoms with Crippen LogP contribution in [0.25, 0.3) is 10.9 Å². The zero-order valence-corrected chi connectivity index (χ0v) is 17.7. The van der Waals surface area contributed by atoms with Crippen molar-refractivity contribution < 1.29 is 4.79 Å². The van der Waals surface area contributed by atoms with Crippen LogP contribution in [0.3, 0.4) is 0 Å². The van der Waals surface area contributed by atoms with Gasteiger partial charge in [-0.1, -0.05) is 43.2 Å². The van der Waals surface area contributed by atoms with Crippen LogP contribution in [-0.4, -0.2) is 29.7 Å². The summed E-state index contributed by atoms with van der Waals surface area (Å²) in [5.74, 6) is -0.225. The molecule has 5 heteroatoms. The third-order valence-corrected chi connectivity index (χ3v) is 5.67. The van der Waals surface area contributed by atoms with Crippen molar-refractivity contribution in [3.05, 3.63) is 71.4 Å². The lowest BCUT2D eigenvalue weighted by atomic mass is 10.1. The molecule has 0 spiro atoms. The Bertz CT molecular complexity index is 1060. The maximum atomic E-state index is 12.8. The smallest absolute Gasteiger partial charge is 0.272 e. The van der Waals surface area contributed by atoms with E-state index in [-0.39, 0.29) is 5.91 Å². The minimum absolute atomic E-state index is 0.225. The number of aryl methyl sites for hydroxylation is 1. The summed E-state index contributed by atoms with van der Waals surface area (Å²) in [5, 5.41) is 5.18. The van der Waals surface area contributed by atoms with Gasteiger partial charge in [0.1, 0.15) is 0 Å². The molecule has 2 heterocycles. The van der Waals surface area contributed by atoms with Crippen LogP contribution in [0.1, 0.15) is 54.2 Å². The number of carbonyl (C=O) groups excluding carboxylic acids is 1. The Balaban J connectivity index is 1.48. The molecule has 0 atom stereocenters. The van der Waals surface area contributed by atoms with Gasteiger partial charge in [-0.3, -0.25) is 9.78 Å². The maximum absolute atomic E-state index is 12.8. The Morgan fingerprint density at radius 2 is 1.70 bits per heavy atom. The Morgan fingerprint density at radius 3 is 2.43 bits per heavy atom. The number of hydrogen-bond acceptors (Lipinski definition) is 4. The first-order valence-corrected chi connectivity index (χ1v) is 10.7. The topological polar surface area (TPSA) is 57.6 Å². The first-order valence-electron chi connectivity index (χ1n) is 10.7. The second kappa shape index (κ2) is 9.08. The lowest BCUT2D eigenvalue weighted by molar-refractivity contribution is 0.0956. The van der Waals surface area contributed by atoms with Crippen LogP contribution in [0.15, 0.2) is 59.7 Å². The molecule has 1 amide bonds. The van der Waals surface area contributed by atoms with Crippen LogP contribution in [0.2, 0.25) is 0 Å². The number of nitrogens with zero attached hydrogens (tertiary/aromatic N) is 3. The second-order valence-corrected chi connectivity index (χ2v) is 7.91. The molecule has 3 aromatic rings. The molecule has 1 aliphatic rings. The van der Waals surface area contributed by atoms with Crippen molar-refractivity contribution in [2.24, 2.45) is 5.10 Å². The van der Waals surface area contributed by atoms with Crippen LogP contribution in [-0.2, 0) is 0 Å². The number of pyridine rings is 1. The van der Waals surface area contributed by atoms with Crippen molar-refractivity contribution in [1.82, 2.24) is 10.4 Å². The lowest BCUT2D eigenvalue weighted by Crippen LogP contribution is -2.23. The molecule has 1 N–H and O–H groups in total. The molecule has 1 aliphatic heterocycles. The second-order valence-electron chi connectivity index (χ2n) is 7.91. The molecule has 0 aliphatic carbocycles. The third-order valence-electron chi connectivity index (χ3n) is 5.67. The highest BCUT2D eigenvalue weighted by Gasteiger charge is 2.12. The number of hydrogen-bond donors (Lipinski definition) is 1. The number of benzene rings is 2. The molecule has 2 aromatic carbocycles. The van der Waals surface area contributed by atoms with Crippen LogP contribution >= 0.6 is 0 Å². The molecule has 0 bridgehead atoms. The van der Waals surface area contributed by atoms with E-state index in [1.165, 1.54) is 31.4 Å². The average molecular weight is 401 g/mol. The van der Waals surface area contributed by atoms with Gasteiger partial charge in [0, 0.05) is 29.9 Å². The van der Waals surface area contributed by atoms with Crippen molar-refractivity contribution in [1.29, 1.82) is 0 Å². The Morgan fingerprint density at radius 1 is 1.00 bits per heavy atom. The lowest BCUT2D eigenvalue weighted by Gasteiger charge is -2.22. The Kier molecular flexibility index (Phi) is 6.07. The van der Waals surface area contributed by atoms with Crippen LogP contribution in [0.4, 0.5) is 5.69 Å². The van der Waals surface area contributed by atoms with Gasteiger partial charge >= 0.3 is 0 Å². The van der Waals surface area contributed by atoms with E-state index in [4.69, 9.17) is 0 Å². The summed E-state index contributed by atoms with van der Waals surface area (Å²) in [5.41, 5.74) is 7.97. The van der Waals surface area contributed by atoms with Gasteiger partial charge in [-0.05, 0) is 56.5 Å².